The molecule has 3 nitrogen and oxygen atoms in total. The summed E-state index contributed by atoms with van der Waals surface area (Å²) in [5.41, 5.74) is 7.22. The molecule has 1 aromatic carbocycles. The van der Waals surface area contributed by atoms with Crippen LogP contribution in [0.5, 0.6) is 0 Å². The van der Waals surface area contributed by atoms with E-state index in [9.17, 15) is 4.79 Å². The van der Waals surface area contributed by atoms with Gasteiger partial charge in [-0.25, -0.2) is 0 Å². The molecular weight excluding hydrogens is 260 g/mol. The van der Waals surface area contributed by atoms with E-state index in [0.717, 1.165) is 25.7 Å². The number of carbonyl (C=O) groups excluding carboxylic acids is 1. The van der Waals surface area contributed by atoms with Crippen LogP contribution in [0.3, 0.4) is 0 Å². The van der Waals surface area contributed by atoms with Gasteiger partial charge in [0.05, 0.1) is 5.54 Å². The summed E-state index contributed by atoms with van der Waals surface area (Å²) in [6.07, 6.45) is 8.43. The molecule has 0 saturated heterocycles. The van der Waals surface area contributed by atoms with Crippen LogP contribution in [0.15, 0.2) is 30.3 Å². The summed E-state index contributed by atoms with van der Waals surface area (Å²) < 4.78 is 0. The van der Waals surface area contributed by atoms with Crippen molar-refractivity contribution in [3.05, 3.63) is 35.9 Å². The van der Waals surface area contributed by atoms with Gasteiger partial charge < -0.3 is 11.1 Å². The van der Waals surface area contributed by atoms with Gasteiger partial charge in [-0.05, 0) is 37.2 Å². The molecule has 1 aromatic rings. The first-order chi connectivity index (χ1) is 10.2. The second-order valence-electron chi connectivity index (χ2n) is 6.76. The van der Waals surface area contributed by atoms with Gasteiger partial charge in [0.25, 0.3) is 0 Å². The second-order valence-corrected chi connectivity index (χ2v) is 6.76. The molecule has 3 N–H and O–H groups in total. The van der Waals surface area contributed by atoms with Crippen molar-refractivity contribution < 1.29 is 4.79 Å². The van der Waals surface area contributed by atoms with Crippen molar-refractivity contribution >= 4 is 5.91 Å². The van der Waals surface area contributed by atoms with E-state index < -0.39 is 0 Å². The Balaban J connectivity index is 1.69. The zero-order chi connectivity index (χ0) is 14.7. The minimum atomic E-state index is -0.138. The van der Waals surface area contributed by atoms with E-state index in [1.165, 1.54) is 24.8 Å². The van der Waals surface area contributed by atoms with Gasteiger partial charge in [0.2, 0.25) is 5.91 Å². The quantitative estimate of drug-likeness (QED) is 0.893. The van der Waals surface area contributed by atoms with Crippen LogP contribution < -0.4 is 11.1 Å². The van der Waals surface area contributed by atoms with Gasteiger partial charge in [-0.15, -0.1) is 0 Å². The molecule has 2 saturated carbocycles. The number of nitrogens with one attached hydrogen (secondary N) is 1. The summed E-state index contributed by atoms with van der Waals surface area (Å²) in [6.45, 7) is 0. The Morgan fingerprint density at radius 1 is 1.14 bits per heavy atom. The van der Waals surface area contributed by atoms with Gasteiger partial charge in [-0.3, -0.25) is 4.79 Å². The molecule has 2 fully saturated rings. The van der Waals surface area contributed by atoms with Gasteiger partial charge in [-0.1, -0.05) is 49.6 Å². The van der Waals surface area contributed by atoms with Crippen molar-refractivity contribution in [1.82, 2.24) is 5.32 Å². The fraction of sp³-hybridized carbons (Fsp3) is 0.611. The van der Waals surface area contributed by atoms with Crippen LogP contribution in [-0.2, 0) is 10.3 Å². The van der Waals surface area contributed by atoms with Crippen molar-refractivity contribution in [1.29, 1.82) is 0 Å². The number of rotatable bonds is 4. The zero-order valence-corrected chi connectivity index (χ0v) is 12.7. The van der Waals surface area contributed by atoms with Gasteiger partial charge in [0.15, 0.2) is 0 Å². The maximum absolute atomic E-state index is 12.5. The number of amides is 1. The Kier molecular flexibility index (Phi) is 4.29. The Morgan fingerprint density at radius 2 is 1.86 bits per heavy atom. The smallest absolute Gasteiger partial charge is 0.221 e. The minimum Gasteiger partial charge on any atom is -0.347 e. The lowest BCUT2D eigenvalue weighted by molar-refractivity contribution is -0.124. The first kappa shape index (κ1) is 14.6. The highest BCUT2D eigenvalue weighted by atomic mass is 16.1. The molecular formula is C18H26N2O. The molecule has 0 aromatic heterocycles. The van der Waals surface area contributed by atoms with E-state index in [0.29, 0.717) is 12.3 Å². The third-order valence-electron chi connectivity index (χ3n) is 5.33. The molecule has 0 unspecified atom stereocenters. The summed E-state index contributed by atoms with van der Waals surface area (Å²) in [6, 6.07) is 10.7. The molecule has 0 spiro atoms. The first-order valence-electron chi connectivity index (χ1n) is 8.32. The molecule has 0 heterocycles. The monoisotopic (exact) mass is 286 g/mol. The predicted molar refractivity (Wildman–Crippen MR) is 84.7 cm³/mol. The van der Waals surface area contributed by atoms with E-state index in [2.05, 4.69) is 29.6 Å². The molecule has 0 radical (unpaired) electrons. The highest BCUT2D eigenvalue weighted by molar-refractivity contribution is 5.77. The van der Waals surface area contributed by atoms with E-state index in [1.807, 2.05) is 6.07 Å². The maximum atomic E-state index is 12.5. The SMILES string of the molecule is N[C@@H]1CCC[C@H]1CC(=O)NC1(c2ccccc2)CCCC1. The minimum absolute atomic E-state index is 0.138. The second kappa shape index (κ2) is 6.18. The summed E-state index contributed by atoms with van der Waals surface area (Å²) >= 11 is 0. The molecule has 1 amide bonds. The predicted octanol–water partition coefficient (Wildman–Crippen LogP) is 3.09. The van der Waals surface area contributed by atoms with Gasteiger partial charge in [-0.2, -0.15) is 0 Å². The van der Waals surface area contributed by atoms with E-state index in [1.54, 1.807) is 0 Å². The van der Waals surface area contributed by atoms with Crippen LogP contribution in [0.2, 0.25) is 0 Å². The highest BCUT2D eigenvalue weighted by Crippen LogP contribution is 2.39. The average molecular weight is 286 g/mol. The topological polar surface area (TPSA) is 55.1 Å². The lowest BCUT2D eigenvalue weighted by Crippen LogP contribution is -2.45. The molecule has 0 bridgehead atoms. The number of hydrogen-bond donors (Lipinski definition) is 2. The molecule has 2 atom stereocenters. The van der Waals surface area contributed by atoms with Crippen LogP contribution in [-0.4, -0.2) is 11.9 Å². The van der Waals surface area contributed by atoms with Crippen LogP contribution in [0.25, 0.3) is 0 Å². The fourth-order valence-electron chi connectivity index (χ4n) is 4.10. The van der Waals surface area contributed by atoms with Crippen LogP contribution in [0, 0.1) is 5.92 Å². The fourth-order valence-corrected chi connectivity index (χ4v) is 4.10. The average Bonchev–Trinajstić information content (AvgIpc) is 3.11. The van der Waals surface area contributed by atoms with Gasteiger partial charge in [0, 0.05) is 12.5 Å². The molecule has 0 aliphatic heterocycles. The summed E-state index contributed by atoms with van der Waals surface area (Å²) in [5.74, 6) is 0.558. The largest absolute Gasteiger partial charge is 0.347 e. The van der Waals surface area contributed by atoms with Crippen LogP contribution >= 0.6 is 0 Å². The van der Waals surface area contributed by atoms with Crippen molar-refractivity contribution in [3.63, 3.8) is 0 Å². The normalized spacial score (nSPS) is 27.7. The molecule has 2 aliphatic rings. The summed E-state index contributed by atoms with van der Waals surface area (Å²) in [7, 11) is 0. The lowest BCUT2D eigenvalue weighted by atomic mass is 9.87. The number of hydrogen-bond acceptors (Lipinski definition) is 2. The zero-order valence-electron chi connectivity index (χ0n) is 12.7. The Bertz CT molecular complexity index is 479. The summed E-state index contributed by atoms with van der Waals surface area (Å²) in [5, 5.41) is 3.36. The van der Waals surface area contributed by atoms with Gasteiger partial charge in [0.1, 0.15) is 0 Å². The van der Waals surface area contributed by atoms with E-state index >= 15 is 0 Å². The molecule has 21 heavy (non-hydrogen) atoms. The van der Waals surface area contributed by atoms with E-state index in [-0.39, 0.29) is 17.5 Å². The van der Waals surface area contributed by atoms with Crippen molar-refractivity contribution in [2.75, 3.05) is 0 Å². The van der Waals surface area contributed by atoms with Crippen LogP contribution in [0.4, 0.5) is 0 Å². The third-order valence-corrected chi connectivity index (χ3v) is 5.33. The van der Waals surface area contributed by atoms with Crippen molar-refractivity contribution in [2.45, 2.75) is 62.9 Å². The maximum Gasteiger partial charge on any atom is 0.221 e. The number of nitrogens with two attached hydrogens (primary N) is 1. The number of benzene rings is 1. The van der Waals surface area contributed by atoms with E-state index in [4.69, 9.17) is 5.73 Å². The molecule has 3 heteroatoms. The van der Waals surface area contributed by atoms with Crippen LogP contribution in [0.1, 0.15) is 56.9 Å². The molecule has 3 rings (SSSR count). The molecule has 114 valence electrons. The number of carbonyl (C=O) groups is 1. The Labute approximate surface area is 127 Å². The highest BCUT2D eigenvalue weighted by Gasteiger charge is 2.37. The van der Waals surface area contributed by atoms with Crippen molar-refractivity contribution in [2.24, 2.45) is 11.7 Å². The first-order valence-corrected chi connectivity index (χ1v) is 8.32. The summed E-state index contributed by atoms with van der Waals surface area (Å²) in [4.78, 5) is 12.5. The Hall–Kier alpha value is -1.35. The Morgan fingerprint density at radius 3 is 2.48 bits per heavy atom. The van der Waals surface area contributed by atoms with Crippen molar-refractivity contribution in [3.8, 4) is 0 Å². The molecule has 2 aliphatic carbocycles. The lowest BCUT2D eigenvalue weighted by Gasteiger charge is -2.32. The van der Waals surface area contributed by atoms with Gasteiger partial charge >= 0.3 is 0 Å². The third kappa shape index (κ3) is 3.13. The standard InChI is InChI=1S/C18H26N2O/c19-16-10-6-7-14(16)13-17(21)20-18(11-4-5-12-18)15-8-2-1-3-9-15/h1-3,8-9,14,16H,4-7,10-13,19H2,(H,20,21)/t14-,16+/m0/s1.